The van der Waals surface area contributed by atoms with E-state index >= 15 is 0 Å². The highest BCUT2D eigenvalue weighted by atomic mass is 35.5. The number of nitrogens with zero attached hydrogens (tertiary/aromatic N) is 1. The lowest BCUT2D eigenvalue weighted by atomic mass is 10.2. The minimum atomic E-state index is -4.17. The number of hydrogen-bond donors (Lipinski definition) is 1. The van der Waals surface area contributed by atoms with Crippen LogP contribution in [0.25, 0.3) is 0 Å². The predicted octanol–water partition coefficient (Wildman–Crippen LogP) is 5.27. The van der Waals surface area contributed by atoms with Crippen molar-refractivity contribution in [3.8, 4) is 0 Å². The Hall–Kier alpha value is -2.61. The average molecular weight is 467 g/mol. The van der Waals surface area contributed by atoms with Gasteiger partial charge in [0.25, 0.3) is 10.0 Å². The Balaban J connectivity index is 2.01. The monoisotopic (exact) mass is 466 g/mol. The molecular formula is C21H17Cl2FN2O3S. The molecule has 5 nitrogen and oxygen atoms in total. The number of halogens is 3. The fourth-order valence-corrected chi connectivity index (χ4v) is 4.56. The molecule has 1 N–H and O–H groups in total. The summed E-state index contributed by atoms with van der Waals surface area (Å²) in [6.45, 7) is 1.19. The number of nitrogens with one attached hydrogen (secondary N) is 1. The Morgan fingerprint density at radius 3 is 2.37 bits per heavy atom. The normalized spacial score (nSPS) is 11.2. The van der Waals surface area contributed by atoms with Gasteiger partial charge >= 0.3 is 0 Å². The average Bonchev–Trinajstić information content (AvgIpc) is 2.70. The van der Waals surface area contributed by atoms with Crippen LogP contribution in [0.15, 0.2) is 71.6 Å². The summed E-state index contributed by atoms with van der Waals surface area (Å²) in [7, 11) is -4.17. The molecule has 0 unspecified atom stereocenters. The lowest BCUT2D eigenvalue weighted by Gasteiger charge is -2.25. The van der Waals surface area contributed by atoms with E-state index in [1.165, 1.54) is 48.5 Å². The van der Waals surface area contributed by atoms with Gasteiger partial charge in [-0.05, 0) is 49.4 Å². The van der Waals surface area contributed by atoms with Gasteiger partial charge in [0.05, 0.1) is 21.3 Å². The van der Waals surface area contributed by atoms with Crippen LogP contribution in [-0.4, -0.2) is 20.9 Å². The molecule has 0 saturated heterocycles. The van der Waals surface area contributed by atoms with Gasteiger partial charge in [0.1, 0.15) is 12.4 Å². The van der Waals surface area contributed by atoms with Crippen LogP contribution in [0, 0.1) is 12.7 Å². The molecule has 0 fully saturated rings. The summed E-state index contributed by atoms with van der Waals surface area (Å²) in [5, 5.41) is 2.72. The van der Waals surface area contributed by atoms with Gasteiger partial charge < -0.3 is 5.32 Å². The first-order valence-corrected chi connectivity index (χ1v) is 11.0. The summed E-state index contributed by atoms with van der Waals surface area (Å²) < 4.78 is 41.4. The van der Waals surface area contributed by atoms with Crippen molar-refractivity contribution in [2.45, 2.75) is 11.8 Å². The Bertz CT molecular complexity index is 1190. The van der Waals surface area contributed by atoms with E-state index in [2.05, 4.69) is 5.32 Å². The SMILES string of the molecule is Cc1ccc(S(=O)(=O)N(CC(=O)Nc2ccccc2F)c2cc(Cl)ccc2Cl)cc1. The number of hydrogen-bond acceptors (Lipinski definition) is 3. The summed E-state index contributed by atoms with van der Waals surface area (Å²) in [5.41, 5.74) is 0.847. The lowest BCUT2D eigenvalue weighted by Crippen LogP contribution is -2.38. The van der Waals surface area contributed by atoms with Crippen molar-refractivity contribution >= 4 is 50.5 Å². The lowest BCUT2D eigenvalue weighted by molar-refractivity contribution is -0.114. The van der Waals surface area contributed by atoms with Crippen LogP contribution in [0.1, 0.15) is 5.56 Å². The van der Waals surface area contributed by atoms with Crippen molar-refractivity contribution in [2.75, 3.05) is 16.2 Å². The molecule has 9 heteroatoms. The zero-order valence-electron chi connectivity index (χ0n) is 15.8. The first-order chi connectivity index (χ1) is 14.2. The number of amides is 1. The largest absolute Gasteiger partial charge is 0.322 e. The topological polar surface area (TPSA) is 66.5 Å². The molecule has 3 rings (SSSR count). The number of sulfonamides is 1. The van der Waals surface area contributed by atoms with Crippen LogP contribution < -0.4 is 9.62 Å². The Morgan fingerprint density at radius 1 is 1.03 bits per heavy atom. The van der Waals surface area contributed by atoms with Gasteiger partial charge in [-0.1, -0.05) is 53.0 Å². The molecule has 0 bridgehead atoms. The molecule has 3 aromatic rings. The molecule has 30 heavy (non-hydrogen) atoms. The van der Waals surface area contributed by atoms with Gasteiger partial charge in [-0.15, -0.1) is 0 Å². The van der Waals surface area contributed by atoms with Crippen molar-refractivity contribution < 1.29 is 17.6 Å². The number of aryl methyl sites for hydroxylation is 1. The Labute approximate surface area is 184 Å². The fraction of sp³-hybridized carbons (Fsp3) is 0.0952. The number of carbonyl (C=O) groups is 1. The molecule has 0 atom stereocenters. The predicted molar refractivity (Wildman–Crippen MR) is 117 cm³/mol. The summed E-state index contributed by atoms with van der Waals surface area (Å²) in [5.74, 6) is -1.38. The maximum Gasteiger partial charge on any atom is 0.264 e. The highest BCUT2D eigenvalue weighted by molar-refractivity contribution is 7.92. The smallest absolute Gasteiger partial charge is 0.264 e. The minimum absolute atomic E-state index is 0.0252. The van der Waals surface area contributed by atoms with Crippen LogP contribution in [-0.2, 0) is 14.8 Å². The molecule has 0 aromatic heterocycles. The number of para-hydroxylation sites is 1. The molecule has 156 valence electrons. The zero-order valence-corrected chi connectivity index (χ0v) is 18.1. The van der Waals surface area contributed by atoms with Crippen molar-refractivity contribution in [1.82, 2.24) is 0 Å². The van der Waals surface area contributed by atoms with Crippen LogP contribution in [0.3, 0.4) is 0 Å². The van der Waals surface area contributed by atoms with Gasteiger partial charge in [0.15, 0.2) is 0 Å². The molecular weight excluding hydrogens is 450 g/mol. The summed E-state index contributed by atoms with van der Waals surface area (Å²) in [4.78, 5) is 12.6. The van der Waals surface area contributed by atoms with E-state index in [4.69, 9.17) is 23.2 Å². The molecule has 0 heterocycles. The fourth-order valence-electron chi connectivity index (χ4n) is 2.70. The highest BCUT2D eigenvalue weighted by Gasteiger charge is 2.29. The second kappa shape index (κ2) is 9.04. The molecule has 0 radical (unpaired) electrons. The Kier molecular flexibility index (Phi) is 6.65. The molecule has 0 saturated carbocycles. The van der Waals surface area contributed by atoms with Crippen LogP contribution in [0.5, 0.6) is 0 Å². The molecule has 0 aliphatic heterocycles. The van der Waals surface area contributed by atoms with Gasteiger partial charge in [0.2, 0.25) is 5.91 Å². The molecule has 1 amide bonds. The number of rotatable bonds is 6. The van der Waals surface area contributed by atoms with Crippen LogP contribution in [0.4, 0.5) is 15.8 Å². The van der Waals surface area contributed by atoms with Gasteiger partial charge in [-0.25, -0.2) is 12.8 Å². The second-order valence-corrected chi connectivity index (χ2v) is 9.15. The van der Waals surface area contributed by atoms with Gasteiger partial charge in [-0.2, -0.15) is 0 Å². The van der Waals surface area contributed by atoms with E-state index in [0.717, 1.165) is 9.87 Å². The van der Waals surface area contributed by atoms with Gasteiger partial charge in [-0.3, -0.25) is 9.10 Å². The Morgan fingerprint density at radius 2 is 1.70 bits per heavy atom. The molecule has 3 aromatic carbocycles. The van der Waals surface area contributed by atoms with E-state index in [1.807, 2.05) is 6.92 Å². The third-order valence-corrected chi connectivity index (χ3v) is 6.55. The molecule has 0 spiro atoms. The maximum absolute atomic E-state index is 13.9. The van der Waals surface area contributed by atoms with Crippen LogP contribution in [0.2, 0.25) is 10.0 Å². The van der Waals surface area contributed by atoms with Crippen molar-refractivity contribution in [1.29, 1.82) is 0 Å². The van der Waals surface area contributed by atoms with E-state index in [1.54, 1.807) is 18.2 Å². The van der Waals surface area contributed by atoms with Gasteiger partial charge in [0, 0.05) is 5.02 Å². The molecule has 0 aliphatic rings. The van der Waals surface area contributed by atoms with E-state index in [9.17, 15) is 17.6 Å². The van der Waals surface area contributed by atoms with Crippen molar-refractivity contribution in [2.24, 2.45) is 0 Å². The standard InChI is InChI=1S/C21H17Cl2FN2O3S/c1-14-6-9-16(10-7-14)30(28,29)26(20-12-15(22)8-11-17(20)23)13-21(27)25-19-5-3-2-4-18(19)24/h2-12H,13H2,1H3,(H,25,27). The maximum atomic E-state index is 13.9. The first-order valence-electron chi connectivity index (χ1n) is 8.77. The highest BCUT2D eigenvalue weighted by Crippen LogP contribution is 2.33. The van der Waals surface area contributed by atoms with E-state index in [-0.39, 0.29) is 26.3 Å². The third-order valence-electron chi connectivity index (χ3n) is 4.22. The van der Waals surface area contributed by atoms with Crippen molar-refractivity contribution in [3.05, 3.63) is 88.2 Å². The van der Waals surface area contributed by atoms with E-state index in [0.29, 0.717) is 0 Å². The number of benzene rings is 3. The summed E-state index contributed by atoms with van der Waals surface area (Å²) >= 11 is 12.3. The minimum Gasteiger partial charge on any atom is -0.322 e. The van der Waals surface area contributed by atoms with Crippen molar-refractivity contribution in [3.63, 3.8) is 0 Å². The summed E-state index contributed by atoms with van der Waals surface area (Å²) in [6.07, 6.45) is 0. The second-order valence-electron chi connectivity index (χ2n) is 6.45. The summed E-state index contributed by atoms with van der Waals surface area (Å²) in [6, 6.07) is 16.0. The zero-order chi connectivity index (χ0) is 21.9. The number of anilines is 2. The molecule has 0 aliphatic carbocycles. The number of carbonyl (C=O) groups excluding carboxylic acids is 1. The quantitative estimate of drug-likeness (QED) is 0.537. The first kappa shape index (κ1) is 22.1. The van der Waals surface area contributed by atoms with E-state index < -0.39 is 28.3 Å². The third kappa shape index (κ3) is 4.92. The van der Waals surface area contributed by atoms with Crippen LogP contribution >= 0.6 is 23.2 Å².